The molecule has 1 aliphatic rings. The van der Waals surface area contributed by atoms with Gasteiger partial charge in [0.15, 0.2) is 0 Å². The number of hydrogen-bond donors (Lipinski definition) is 1. The third-order valence-corrected chi connectivity index (χ3v) is 3.78. The lowest BCUT2D eigenvalue weighted by atomic mass is 9.89. The Hall–Kier alpha value is 0.130. The van der Waals surface area contributed by atoms with Gasteiger partial charge in [-0.25, -0.2) is 0 Å². The fourth-order valence-electron chi connectivity index (χ4n) is 2.33. The highest BCUT2D eigenvalue weighted by Crippen LogP contribution is 2.27. The normalized spacial score (nSPS) is 23.7. The summed E-state index contributed by atoms with van der Waals surface area (Å²) in [5.41, 5.74) is 0. The van der Waals surface area contributed by atoms with Crippen molar-refractivity contribution >= 4 is 11.6 Å². The van der Waals surface area contributed by atoms with Crippen molar-refractivity contribution in [3.63, 3.8) is 0 Å². The number of hydrogen-bond acceptors (Lipinski definition) is 4. The molecule has 0 radical (unpaired) electrons. The van der Waals surface area contributed by atoms with E-state index in [0.29, 0.717) is 31.8 Å². The third kappa shape index (κ3) is 9.63. The van der Waals surface area contributed by atoms with E-state index in [9.17, 15) is 0 Å². The molecule has 4 nitrogen and oxygen atoms in total. The van der Waals surface area contributed by atoms with E-state index in [1.165, 1.54) is 19.3 Å². The first-order valence-corrected chi connectivity index (χ1v) is 7.75. The van der Waals surface area contributed by atoms with E-state index in [2.05, 4.69) is 5.32 Å². The molecule has 2 unspecified atom stereocenters. The zero-order chi connectivity index (χ0) is 13.8. The zero-order valence-corrected chi connectivity index (χ0v) is 12.8. The molecular weight excluding hydrogens is 266 g/mol. The average Bonchev–Trinajstić information content (AvgIpc) is 2.41. The van der Waals surface area contributed by atoms with Gasteiger partial charge in [-0.15, -0.1) is 11.6 Å². The fourth-order valence-corrected chi connectivity index (χ4v) is 2.73. The molecule has 1 N–H and O–H groups in total. The summed E-state index contributed by atoms with van der Waals surface area (Å²) in [6.45, 7) is 5.28. The highest BCUT2D eigenvalue weighted by atomic mass is 35.5. The number of ether oxygens (including phenoxy) is 3. The van der Waals surface area contributed by atoms with Gasteiger partial charge in [0.1, 0.15) is 0 Å². The Morgan fingerprint density at radius 2 is 1.79 bits per heavy atom. The summed E-state index contributed by atoms with van der Waals surface area (Å²) in [6.07, 6.45) is 4.92. The van der Waals surface area contributed by atoms with Gasteiger partial charge < -0.3 is 19.5 Å². The van der Waals surface area contributed by atoms with Crippen LogP contribution >= 0.6 is 11.6 Å². The quantitative estimate of drug-likeness (QED) is 0.467. The van der Waals surface area contributed by atoms with E-state index in [4.69, 9.17) is 25.8 Å². The molecule has 5 heteroatoms. The van der Waals surface area contributed by atoms with Gasteiger partial charge in [0.05, 0.1) is 33.0 Å². The molecule has 0 aliphatic heterocycles. The van der Waals surface area contributed by atoms with Gasteiger partial charge in [0.25, 0.3) is 0 Å². The van der Waals surface area contributed by atoms with Crippen LogP contribution in [0.4, 0.5) is 0 Å². The predicted molar refractivity (Wildman–Crippen MR) is 78.0 cm³/mol. The van der Waals surface area contributed by atoms with Crippen LogP contribution in [0.2, 0.25) is 0 Å². The summed E-state index contributed by atoms with van der Waals surface area (Å²) in [5.74, 6) is 0.744. The van der Waals surface area contributed by atoms with Gasteiger partial charge in [-0.2, -0.15) is 0 Å². The van der Waals surface area contributed by atoms with Crippen LogP contribution in [0.3, 0.4) is 0 Å². The minimum absolute atomic E-state index is 0.390. The summed E-state index contributed by atoms with van der Waals surface area (Å²) in [6, 6.07) is 0. The first-order valence-electron chi connectivity index (χ1n) is 7.32. The lowest BCUT2D eigenvalue weighted by Crippen LogP contribution is -2.30. The second kappa shape index (κ2) is 11.9. The van der Waals surface area contributed by atoms with E-state index in [1.54, 1.807) is 7.11 Å². The fraction of sp³-hybridized carbons (Fsp3) is 1.00. The Kier molecular flexibility index (Phi) is 10.8. The average molecular weight is 294 g/mol. The van der Waals surface area contributed by atoms with Gasteiger partial charge in [-0.05, 0) is 31.7 Å². The van der Waals surface area contributed by atoms with Crippen LogP contribution in [-0.2, 0) is 14.2 Å². The first-order chi connectivity index (χ1) is 9.33. The lowest BCUT2D eigenvalue weighted by molar-refractivity contribution is 0.0254. The molecule has 1 rings (SSSR count). The Labute approximate surface area is 122 Å². The lowest BCUT2D eigenvalue weighted by Gasteiger charge is -2.25. The number of rotatable bonds is 11. The molecule has 1 aliphatic carbocycles. The minimum Gasteiger partial charge on any atom is -0.382 e. The van der Waals surface area contributed by atoms with E-state index >= 15 is 0 Å². The van der Waals surface area contributed by atoms with Crippen LogP contribution in [0.1, 0.15) is 25.7 Å². The largest absolute Gasteiger partial charge is 0.382 e. The van der Waals surface area contributed by atoms with Gasteiger partial charge in [-0.3, -0.25) is 0 Å². The molecule has 19 heavy (non-hydrogen) atoms. The summed E-state index contributed by atoms with van der Waals surface area (Å²) in [4.78, 5) is 0. The van der Waals surface area contributed by atoms with Gasteiger partial charge in [-0.1, -0.05) is 6.42 Å². The molecule has 1 fully saturated rings. The molecular formula is C14H28ClNO3. The summed E-state index contributed by atoms with van der Waals surface area (Å²) < 4.78 is 15.7. The van der Waals surface area contributed by atoms with Crippen LogP contribution < -0.4 is 5.32 Å². The smallest absolute Gasteiger partial charge is 0.0701 e. The van der Waals surface area contributed by atoms with Gasteiger partial charge in [0.2, 0.25) is 0 Å². The Morgan fingerprint density at radius 1 is 1.05 bits per heavy atom. The van der Waals surface area contributed by atoms with E-state index < -0.39 is 0 Å². The monoisotopic (exact) mass is 293 g/mol. The van der Waals surface area contributed by atoms with Crippen LogP contribution in [0.5, 0.6) is 0 Å². The van der Waals surface area contributed by atoms with Crippen molar-refractivity contribution in [2.24, 2.45) is 5.92 Å². The third-order valence-electron chi connectivity index (χ3n) is 3.38. The summed E-state index contributed by atoms with van der Waals surface area (Å²) >= 11 is 6.17. The molecule has 0 amide bonds. The molecule has 114 valence electrons. The van der Waals surface area contributed by atoms with Crippen molar-refractivity contribution in [2.75, 3.05) is 53.2 Å². The van der Waals surface area contributed by atoms with E-state index in [-0.39, 0.29) is 0 Å². The van der Waals surface area contributed by atoms with Crippen molar-refractivity contribution in [3.05, 3.63) is 0 Å². The molecule has 0 spiro atoms. The van der Waals surface area contributed by atoms with E-state index in [1.807, 2.05) is 0 Å². The second-order valence-electron chi connectivity index (χ2n) is 5.05. The van der Waals surface area contributed by atoms with Crippen LogP contribution in [0, 0.1) is 5.92 Å². The Balaban J connectivity index is 1.78. The Bertz CT molecular complexity index is 207. The molecule has 0 bridgehead atoms. The van der Waals surface area contributed by atoms with Crippen molar-refractivity contribution in [1.82, 2.24) is 5.32 Å². The maximum atomic E-state index is 6.17. The molecule has 0 aromatic heterocycles. The maximum Gasteiger partial charge on any atom is 0.0701 e. The van der Waals surface area contributed by atoms with Gasteiger partial charge >= 0.3 is 0 Å². The van der Waals surface area contributed by atoms with Crippen molar-refractivity contribution in [2.45, 2.75) is 31.1 Å². The van der Waals surface area contributed by atoms with E-state index in [0.717, 1.165) is 32.0 Å². The maximum absolute atomic E-state index is 6.17. The molecule has 1 saturated carbocycles. The SMILES string of the molecule is COCCOCCOCCNCC1CCCC(Cl)C1. The standard InChI is InChI=1S/C14H28ClNO3/c1-17-7-8-19-10-9-18-6-5-16-12-13-3-2-4-14(15)11-13/h13-14,16H,2-12H2,1H3. The number of halogens is 1. The summed E-state index contributed by atoms with van der Waals surface area (Å²) in [5, 5.41) is 3.83. The first kappa shape index (κ1) is 17.2. The van der Waals surface area contributed by atoms with Crippen molar-refractivity contribution in [1.29, 1.82) is 0 Å². The van der Waals surface area contributed by atoms with Crippen LogP contribution in [-0.4, -0.2) is 58.6 Å². The highest BCUT2D eigenvalue weighted by molar-refractivity contribution is 6.20. The molecule has 0 aromatic carbocycles. The van der Waals surface area contributed by atoms with Gasteiger partial charge in [0, 0.05) is 19.0 Å². The molecule has 2 atom stereocenters. The number of alkyl halides is 1. The molecule has 0 saturated heterocycles. The summed E-state index contributed by atoms with van der Waals surface area (Å²) in [7, 11) is 1.67. The van der Waals surface area contributed by atoms with Crippen LogP contribution in [0.15, 0.2) is 0 Å². The zero-order valence-electron chi connectivity index (χ0n) is 12.0. The van der Waals surface area contributed by atoms with Crippen LogP contribution in [0.25, 0.3) is 0 Å². The number of methoxy groups -OCH3 is 1. The number of nitrogens with one attached hydrogen (secondary N) is 1. The second-order valence-corrected chi connectivity index (χ2v) is 5.67. The molecule has 0 aromatic rings. The van der Waals surface area contributed by atoms with Crippen molar-refractivity contribution < 1.29 is 14.2 Å². The Morgan fingerprint density at radius 3 is 2.53 bits per heavy atom. The predicted octanol–water partition coefficient (Wildman–Crippen LogP) is 2.05. The topological polar surface area (TPSA) is 39.7 Å². The highest BCUT2D eigenvalue weighted by Gasteiger charge is 2.19. The minimum atomic E-state index is 0.390. The van der Waals surface area contributed by atoms with Crippen molar-refractivity contribution in [3.8, 4) is 0 Å². The molecule has 0 heterocycles.